The number of hydrogen-bond acceptors (Lipinski definition) is 4. The highest BCUT2D eigenvalue weighted by molar-refractivity contribution is 7.80. The molecule has 2 N–H and O–H groups in total. The Morgan fingerprint density at radius 2 is 2.11 bits per heavy atom. The molecule has 0 saturated heterocycles. The zero-order valence-electron chi connectivity index (χ0n) is 10.4. The summed E-state index contributed by atoms with van der Waals surface area (Å²) < 4.78 is 13.3. The van der Waals surface area contributed by atoms with Crippen molar-refractivity contribution in [3.8, 4) is 0 Å². The number of nitrogens with two attached hydrogens (primary N) is 1. The van der Waals surface area contributed by atoms with E-state index >= 15 is 0 Å². The number of anilines is 2. The van der Waals surface area contributed by atoms with E-state index in [1.165, 1.54) is 18.3 Å². The Bertz CT molecular complexity index is 603. The van der Waals surface area contributed by atoms with Gasteiger partial charge in [-0.1, -0.05) is 18.3 Å². The van der Waals surface area contributed by atoms with Crippen molar-refractivity contribution in [2.24, 2.45) is 5.73 Å². The van der Waals surface area contributed by atoms with Crippen molar-refractivity contribution >= 4 is 28.7 Å². The number of nitrogens with zero attached hydrogens (tertiary/aromatic N) is 3. The van der Waals surface area contributed by atoms with Gasteiger partial charge in [0, 0.05) is 24.6 Å². The zero-order chi connectivity index (χ0) is 13.8. The first-order valence-electron chi connectivity index (χ1n) is 5.77. The van der Waals surface area contributed by atoms with Gasteiger partial charge >= 0.3 is 0 Å². The minimum absolute atomic E-state index is 0.165. The van der Waals surface area contributed by atoms with Crippen molar-refractivity contribution in [1.29, 1.82) is 0 Å². The van der Waals surface area contributed by atoms with Crippen LogP contribution in [0.2, 0.25) is 0 Å². The molecule has 0 amide bonds. The highest BCUT2D eigenvalue weighted by Crippen LogP contribution is 2.25. The third kappa shape index (κ3) is 2.85. The van der Waals surface area contributed by atoms with E-state index in [-0.39, 0.29) is 10.8 Å². The second-order valence-corrected chi connectivity index (χ2v) is 4.26. The van der Waals surface area contributed by atoms with Crippen LogP contribution in [0.25, 0.3) is 0 Å². The number of halogens is 1. The molecule has 98 valence electrons. The standard InChI is InChI=1S/C13H13FN4S/c1-2-18(10-5-3-4-9(14)8-10)13-11(12(15)19)16-6-7-17-13/h3-8H,2H2,1H3,(H2,15,19). The summed E-state index contributed by atoms with van der Waals surface area (Å²) in [5.74, 6) is 0.222. The number of rotatable bonds is 4. The fourth-order valence-electron chi connectivity index (χ4n) is 1.80. The van der Waals surface area contributed by atoms with E-state index < -0.39 is 0 Å². The van der Waals surface area contributed by atoms with Gasteiger partial charge in [-0.15, -0.1) is 0 Å². The minimum Gasteiger partial charge on any atom is -0.388 e. The summed E-state index contributed by atoms with van der Waals surface area (Å²) in [5.41, 5.74) is 6.76. The van der Waals surface area contributed by atoms with Gasteiger partial charge in [0.25, 0.3) is 0 Å². The van der Waals surface area contributed by atoms with Crippen LogP contribution in [0.5, 0.6) is 0 Å². The molecule has 2 rings (SSSR count). The van der Waals surface area contributed by atoms with Crippen LogP contribution in [-0.2, 0) is 0 Å². The molecule has 19 heavy (non-hydrogen) atoms. The normalized spacial score (nSPS) is 10.2. The molecule has 1 heterocycles. The fourth-order valence-corrected chi connectivity index (χ4v) is 1.94. The predicted octanol–water partition coefficient (Wildman–Crippen LogP) is 2.41. The number of benzene rings is 1. The van der Waals surface area contributed by atoms with E-state index in [0.717, 1.165) is 0 Å². The molecule has 0 radical (unpaired) electrons. The molecule has 0 spiro atoms. The maximum absolute atomic E-state index is 13.3. The van der Waals surface area contributed by atoms with E-state index in [9.17, 15) is 4.39 Å². The fraction of sp³-hybridized carbons (Fsp3) is 0.154. The number of aromatic nitrogens is 2. The monoisotopic (exact) mass is 276 g/mol. The van der Waals surface area contributed by atoms with Gasteiger partial charge in [0.2, 0.25) is 0 Å². The van der Waals surface area contributed by atoms with E-state index in [4.69, 9.17) is 18.0 Å². The van der Waals surface area contributed by atoms with E-state index in [2.05, 4.69) is 9.97 Å². The maximum atomic E-state index is 13.3. The van der Waals surface area contributed by atoms with E-state index in [1.807, 2.05) is 11.8 Å². The number of thiocarbonyl (C=S) groups is 1. The van der Waals surface area contributed by atoms with Gasteiger partial charge in [-0.25, -0.2) is 14.4 Å². The average molecular weight is 276 g/mol. The lowest BCUT2D eigenvalue weighted by Gasteiger charge is -2.23. The van der Waals surface area contributed by atoms with E-state index in [1.54, 1.807) is 18.3 Å². The summed E-state index contributed by atoms with van der Waals surface area (Å²) in [4.78, 5) is 10.4. The topological polar surface area (TPSA) is 55.0 Å². The minimum atomic E-state index is -0.309. The van der Waals surface area contributed by atoms with Crippen LogP contribution in [0.1, 0.15) is 12.6 Å². The smallest absolute Gasteiger partial charge is 0.162 e. The molecule has 0 fully saturated rings. The Hall–Kier alpha value is -2.08. The summed E-state index contributed by atoms with van der Waals surface area (Å²) in [6, 6.07) is 6.26. The SMILES string of the molecule is CCN(c1cccc(F)c1)c1nccnc1C(N)=S. The van der Waals surface area contributed by atoms with Crippen molar-refractivity contribution in [3.63, 3.8) is 0 Å². The highest BCUT2D eigenvalue weighted by Gasteiger charge is 2.16. The molecule has 4 nitrogen and oxygen atoms in total. The van der Waals surface area contributed by atoms with Crippen LogP contribution in [0.15, 0.2) is 36.7 Å². The van der Waals surface area contributed by atoms with Crippen molar-refractivity contribution in [2.75, 3.05) is 11.4 Å². The van der Waals surface area contributed by atoms with Gasteiger partial charge in [0.05, 0.1) is 0 Å². The van der Waals surface area contributed by atoms with Gasteiger partial charge in [0.15, 0.2) is 5.82 Å². The second kappa shape index (κ2) is 5.71. The quantitative estimate of drug-likeness (QED) is 0.869. The van der Waals surface area contributed by atoms with Crippen LogP contribution in [0, 0.1) is 5.82 Å². The first-order valence-corrected chi connectivity index (χ1v) is 6.18. The summed E-state index contributed by atoms with van der Waals surface area (Å²) in [7, 11) is 0. The summed E-state index contributed by atoms with van der Waals surface area (Å²) in [6.45, 7) is 2.53. The van der Waals surface area contributed by atoms with Gasteiger partial charge in [-0.2, -0.15) is 0 Å². The van der Waals surface area contributed by atoms with Crippen LogP contribution >= 0.6 is 12.2 Å². The lowest BCUT2D eigenvalue weighted by molar-refractivity contribution is 0.627. The molecule has 0 aliphatic rings. The van der Waals surface area contributed by atoms with Crippen LogP contribution < -0.4 is 10.6 Å². The summed E-state index contributed by atoms with van der Waals surface area (Å²) >= 11 is 4.97. The first-order chi connectivity index (χ1) is 9.13. The van der Waals surface area contributed by atoms with Gasteiger partial charge in [-0.3, -0.25) is 0 Å². The summed E-state index contributed by atoms with van der Waals surface area (Å²) in [6.07, 6.45) is 3.08. The van der Waals surface area contributed by atoms with Crippen molar-refractivity contribution in [3.05, 3.63) is 48.2 Å². The van der Waals surface area contributed by atoms with Gasteiger partial charge in [-0.05, 0) is 25.1 Å². The molecule has 2 aromatic rings. The molecule has 1 aromatic heterocycles. The third-order valence-corrected chi connectivity index (χ3v) is 2.80. The van der Waals surface area contributed by atoms with Crippen LogP contribution in [-0.4, -0.2) is 21.5 Å². The molecule has 0 atom stereocenters. The molecule has 0 unspecified atom stereocenters. The molecule has 0 bridgehead atoms. The van der Waals surface area contributed by atoms with Crippen molar-refractivity contribution in [2.45, 2.75) is 6.92 Å². The van der Waals surface area contributed by atoms with Gasteiger partial charge in [0.1, 0.15) is 16.5 Å². The average Bonchev–Trinajstić information content (AvgIpc) is 2.40. The molecule has 1 aromatic carbocycles. The lowest BCUT2D eigenvalue weighted by Crippen LogP contribution is -2.23. The predicted molar refractivity (Wildman–Crippen MR) is 77.0 cm³/mol. The zero-order valence-corrected chi connectivity index (χ0v) is 11.2. The second-order valence-electron chi connectivity index (χ2n) is 3.82. The Labute approximate surface area is 116 Å². The molecule has 0 aliphatic carbocycles. The Kier molecular flexibility index (Phi) is 4.01. The number of hydrogen-bond donors (Lipinski definition) is 1. The Balaban J connectivity index is 2.51. The van der Waals surface area contributed by atoms with Crippen molar-refractivity contribution < 1.29 is 4.39 Å². The first kappa shape index (κ1) is 13.4. The molecular weight excluding hydrogens is 263 g/mol. The van der Waals surface area contributed by atoms with Crippen LogP contribution in [0.3, 0.4) is 0 Å². The van der Waals surface area contributed by atoms with Crippen LogP contribution in [0.4, 0.5) is 15.9 Å². The largest absolute Gasteiger partial charge is 0.388 e. The Morgan fingerprint density at radius 1 is 1.37 bits per heavy atom. The van der Waals surface area contributed by atoms with Gasteiger partial charge < -0.3 is 10.6 Å². The highest BCUT2D eigenvalue weighted by atomic mass is 32.1. The molecular formula is C13H13FN4S. The van der Waals surface area contributed by atoms with Crippen molar-refractivity contribution in [1.82, 2.24) is 9.97 Å². The lowest BCUT2D eigenvalue weighted by atomic mass is 10.2. The molecule has 0 aliphatic heterocycles. The third-order valence-electron chi connectivity index (χ3n) is 2.60. The maximum Gasteiger partial charge on any atom is 0.162 e. The molecule has 0 saturated carbocycles. The summed E-state index contributed by atoms with van der Waals surface area (Å²) in [5, 5.41) is 0. The Morgan fingerprint density at radius 3 is 2.74 bits per heavy atom. The molecule has 6 heteroatoms. The van der Waals surface area contributed by atoms with E-state index in [0.29, 0.717) is 23.7 Å².